The highest BCUT2D eigenvalue weighted by Crippen LogP contribution is 2.10. The van der Waals surface area contributed by atoms with Gasteiger partial charge in [0, 0.05) is 13.2 Å². The summed E-state index contributed by atoms with van der Waals surface area (Å²) in [4.78, 5) is 10.6. The van der Waals surface area contributed by atoms with E-state index in [0.29, 0.717) is 18.7 Å². The number of aliphatic hydroxyl groups excluding tert-OH is 1. The van der Waals surface area contributed by atoms with Crippen LogP contribution in [-0.2, 0) is 0 Å². The van der Waals surface area contributed by atoms with Crippen LogP contribution in [0.15, 0.2) is 6.20 Å². The van der Waals surface area contributed by atoms with Gasteiger partial charge in [0.15, 0.2) is 5.69 Å². The van der Waals surface area contributed by atoms with E-state index in [-0.39, 0.29) is 12.3 Å². The van der Waals surface area contributed by atoms with Gasteiger partial charge < -0.3 is 15.5 Å². The van der Waals surface area contributed by atoms with Gasteiger partial charge in [-0.05, 0) is 6.42 Å². The second kappa shape index (κ2) is 4.46. The number of aliphatic hydroxyl groups is 1. The minimum absolute atomic E-state index is 0.0398. The van der Waals surface area contributed by atoms with Gasteiger partial charge in [-0.3, -0.25) is 5.10 Å². The fraction of sp³-hybridized carbons (Fsp3) is 0.429. The molecule has 72 valence electrons. The molecule has 0 aliphatic rings. The quantitative estimate of drug-likeness (QED) is 0.480. The van der Waals surface area contributed by atoms with E-state index in [1.807, 2.05) is 0 Å². The summed E-state index contributed by atoms with van der Waals surface area (Å²) in [6.45, 7) is 0.601. The van der Waals surface area contributed by atoms with Gasteiger partial charge >= 0.3 is 5.97 Å². The predicted molar refractivity (Wildman–Crippen MR) is 45.7 cm³/mol. The van der Waals surface area contributed by atoms with Crippen LogP contribution in [0.1, 0.15) is 16.9 Å². The number of rotatable bonds is 5. The van der Waals surface area contributed by atoms with Crippen molar-refractivity contribution in [2.24, 2.45) is 0 Å². The Labute approximate surface area is 74.6 Å². The lowest BCUT2D eigenvalue weighted by Gasteiger charge is -2.02. The first kappa shape index (κ1) is 9.53. The number of carboxylic acid groups (broad SMARTS) is 1. The van der Waals surface area contributed by atoms with Crippen molar-refractivity contribution in [3.8, 4) is 0 Å². The minimum atomic E-state index is -1.05. The van der Waals surface area contributed by atoms with E-state index in [4.69, 9.17) is 10.2 Å². The lowest BCUT2D eigenvalue weighted by Crippen LogP contribution is -2.07. The van der Waals surface area contributed by atoms with Crippen LogP contribution in [0.4, 0.5) is 5.69 Å². The zero-order chi connectivity index (χ0) is 9.68. The van der Waals surface area contributed by atoms with Crippen LogP contribution in [0, 0.1) is 0 Å². The number of hydrogen-bond donors (Lipinski definition) is 4. The van der Waals surface area contributed by atoms with Gasteiger partial charge in [0.25, 0.3) is 0 Å². The Bertz CT molecular complexity index is 284. The molecular formula is C7H11N3O3. The summed E-state index contributed by atoms with van der Waals surface area (Å²) in [5, 5.41) is 25.9. The van der Waals surface area contributed by atoms with Gasteiger partial charge in [0.2, 0.25) is 0 Å². The zero-order valence-electron chi connectivity index (χ0n) is 6.95. The maximum absolute atomic E-state index is 10.6. The Morgan fingerprint density at radius 1 is 1.69 bits per heavy atom. The molecule has 0 atom stereocenters. The third kappa shape index (κ3) is 2.45. The number of aromatic carboxylic acids is 1. The van der Waals surface area contributed by atoms with Crippen molar-refractivity contribution in [2.75, 3.05) is 18.5 Å². The lowest BCUT2D eigenvalue weighted by atomic mass is 10.3. The highest BCUT2D eigenvalue weighted by atomic mass is 16.4. The van der Waals surface area contributed by atoms with E-state index >= 15 is 0 Å². The number of aromatic nitrogens is 2. The van der Waals surface area contributed by atoms with Gasteiger partial charge in [-0.25, -0.2) is 4.79 Å². The van der Waals surface area contributed by atoms with Crippen LogP contribution in [-0.4, -0.2) is 39.5 Å². The summed E-state index contributed by atoms with van der Waals surface area (Å²) in [5.74, 6) is -1.05. The molecule has 0 saturated heterocycles. The van der Waals surface area contributed by atoms with Gasteiger partial charge in [0.05, 0.1) is 11.9 Å². The van der Waals surface area contributed by atoms with E-state index < -0.39 is 5.97 Å². The minimum Gasteiger partial charge on any atom is -0.476 e. The van der Waals surface area contributed by atoms with Crippen molar-refractivity contribution in [2.45, 2.75) is 6.42 Å². The molecule has 0 aliphatic heterocycles. The molecule has 13 heavy (non-hydrogen) atoms. The molecule has 1 heterocycles. The van der Waals surface area contributed by atoms with Crippen molar-refractivity contribution in [1.29, 1.82) is 0 Å². The smallest absolute Gasteiger partial charge is 0.356 e. The molecule has 0 spiro atoms. The highest BCUT2D eigenvalue weighted by molar-refractivity contribution is 5.91. The highest BCUT2D eigenvalue weighted by Gasteiger charge is 2.10. The van der Waals surface area contributed by atoms with E-state index in [0.717, 1.165) is 0 Å². The summed E-state index contributed by atoms with van der Waals surface area (Å²) >= 11 is 0. The van der Waals surface area contributed by atoms with Crippen molar-refractivity contribution in [3.63, 3.8) is 0 Å². The first-order chi connectivity index (χ1) is 6.25. The number of anilines is 1. The average Bonchev–Trinajstić information content (AvgIpc) is 2.53. The third-order valence-corrected chi connectivity index (χ3v) is 1.50. The molecule has 0 aliphatic carbocycles. The molecule has 0 bridgehead atoms. The number of H-pyrrole nitrogens is 1. The maximum Gasteiger partial charge on any atom is 0.356 e. The second-order valence-corrected chi connectivity index (χ2v) is 2.47. The molecule has 0 amide bonds. The average molecular weight is 185 g/mol. The van der Waals surface area contributed by atoms with Crippen LogP contribution < -0.4 is 5.32 Å². The fourth-order valence-corrected chi connectivity index (χ4v) is 0.885. The molecule has 4 N–H and O–H groups in total. The van der Waals surface area contributed by atoms with Crippen LogP contribution >= 0.6 is 0 Å². The topological polar surface area (TPSA) is 98.2 Å². The maximum atomic E-state index is 10.6. The third-order valence-electron chi connectivity index (χ3n) is 1.50. The molecule has 6 nitrogen and oxygen atoms in total. The number of nitrogens with one attached hydrogen (secondary N) is 2. The second-order valence-electron chi connectivity index (χ2n) is 2.47. The Balaban J connectivity index is 2.55. The molecule has 1 rings (SSSR count). The molecular weight excluding hydrogens is 174 g/mol. The monoisotopic (exact) mass is 185 g/mol. The molecule has 1 aromatic rings. The molecule has 1 aromatic heterocycles. The van der Waals surface area contributed by atoms with Crippen molar-refractivity contribution in [3.05, 3.63) is 11.9 Å². The Morgan fingerprint density at radius 2 is 2.46 bits per heavy atom. The molecule has 0 fully saturated rings. The number of hydrogen-bond acceptors (Lipinski definition) is 4. The fourth-order valence-electron chi connectivity index (χ4n) is 0.885. The van der Waals surface area contributed by atoms with Gasteiger partial charge in [0.1, 0.15) is 0 Å². The first-order valence-corrected chi connectivity index (χ1v) is 3.87. The Kier molecular flexibility index (Phi) is 3.27. The molecule has 0 radical (unpaired) electrons. The van der Waals surface area contributed by atoms with E-state index in [1.54, 1.807) is 0 Å². The molecule has 0 unspecified atom stereocenters. The first-order valence-electron chi connectivity index (χ1n) is 3.87. The SMILES string of the molecule is O=C(O)c1[nH]ncc1NCCCO. The number of nitrogens with zero attached hydrogens (tertiary/aromatic N) is 1. The number of carboxylic acids is 1. The summed E-state index contributed by atoms with van der Waals surface area (Å²) in [6.07, 6.45) is 1.98. The van der Waals surface area contributed by atoms with Crippen LogP contribution in [0.3, 0.4) is 0 Å². The van der Waals surface area contributed by atoms with Gasteiger partial charge in [-0.2, -0.15) is 5.10 Å². The molecule has 0 saturated carbocycles. The summed E-state index contributed by atoms with van der Waals surface area (Å²) in [6, 6.07) is 0. The zero-order valence-corrected chi connectivity index (χ0v) is 6.95. The van der Waals surface area contributed by atoms with Crippen LogP contribution in [0.25, 0.3) is 0 Å². The summed E-state index contributed by atoms with van der Waals surface area (Å²) in [5.41, 5.74) is 0.485. The van der Waals surface area contributed by atoms with Crippen molar-refractivity contribution >= 4 is 11.7 Å². The number of aromatic amines is 1. The normalized spacial score (nSPS) is 9.92. The van der Waals surface area contributed by atoms with Crippen molar-refractivity contribution in [1.82, 2.24) is 10.2 Å². The van der Waals surface area contributed by atoms with Crippen LogP contribution in [0.2, 0.25) is 0 Å². The summed E-state index contributed by atoms with van der Waals surface area (Å²) in [7, 11) is 0. The summed E-state index contributed by atoms with van der Waals surface area (Å²) < 4.78 is 0. The standard InChI is InChI=1S/C7H11N3O3/c11-3-1-2-8-5-4-9-10-6(5)7(12)13/h4,8,11H,1-3H2,(H,9,10)(H,12,13). The van der Waals surface area contributed by atoms with E-state index in [1.165, 1.54) is 6.20 Å². The van der Waals surface area contributed by atoms with Crippen LogP contribution in [0.5, 0.6) is 0 Å². The molecule has 0 aromatic carbocycles. The van der Waals surface area contributed by atoms with E-state index in [2.05, 4.69) is 15.5 Å². The van der Waals surface area contributed by atoms with Gasteiger partial charge in [-0.15, -0.1) is 0 Å². The lowest BCUT2D eigenvalue weighted by molar-refractivity contribution is 0.0691. The van der Waals surface area contributed by atoms with E-state index in [9.17, 15) is 4.79 Å². The Hall–Kier alpha value is -1.56. The Morgan fingerprint density at radius 3 is 3.08 bits per heavy atom. The predicted octanol–water partition coefficient (Wildman–Crippen LogP) is -0.0978. The van der Waals surface area contributed by atoms with Gasteiger partial charge in [-0.1, -0.05) is 0 Å². The number of carbonyl (C=O) groups is 1. The molecule has 6 heteroatoms. The van der Waals surface area contributed by atoms with Crippen molar-refractivity contribution < 1.29 is 15.0 Å². The largest absolute Gasteiger partial charge is 0.476 e.